The first-order valence-electron chi connectivity index (χ1n) is 11.5. The lowest BCUT2D eigenvalue weighted by molar-refractivity contribution is -0.130. The van der Waals surface area contributed by atoms with Crippen molar-refractivity contribution in [1.82, 2.24) is 15.1 Å². The second-order valence-electron chi connectivity index (χ2n) is 10.0. The van der Waals surface area contributed by atoms with Crippen LogP contribution in [0, 0.1) is 23.1 Å². The highest BCUT2D eigenvalue weighted by molar-refractivity contribution is 5.85. The zero-order valence-corrected chi connectivity index (χ0v) is 20.0. The molecule has 1 amide bonds. The Morgan fingerprint density at radius 2 is 1.77 bits per heavy atom. The molecule has 7 heteroatoms. The van der Waals surface area contributed by atoms with Gasteiger partial charge in [-0.3, -0.25) is 9.69 Å². The van der Waals surface area contributed by atoms with Crippen molar-refractivity contribution in [3.05, 3.63) is 35.6 Å². The summed E-state index contributed by atoms with van der Waals surface area (Å²) in [5.41, 5.74) is 1.57. The number of nitrogens with zero attached hydrogens (tertiary/aromatic N) is 2. The van der Waals surface area contributed by atoms with Crippen molar-refractivity contribution in [3.8, 4) is 0 Å². The molecular formula is C24H36Cl2FN3O. The average molecular weight is 472 g/mol. The molecule has 31 heavy (non-hydrogen) atoms. The summed E-state index contributed by atoms with van der Waals surface area (Å²) in [5, 5.41) is 3.52. The number of rotatable bonds is 2. The van der Waals surface area contributed by atoms with Crippen molar-refractivity contribution < 1.29 is 9.18 Å². The fourth-order valence-corrected chi connectivity index (χ4v) is 6.86. The standard InChI is InChI=1S/C24H34FN3O.2ClH/c1-17(29)28-15-19-14-27(16-22(19)23(28)18-3-2-4-20(25)13-18)21-5-7-24(8-6-21)9-11-26-12-10-24;;/h2-4,13,19,21-23,26H,5-12,14-16H2,1H3;2*1H/t19-,22-,23-;;/m1../s1. The van der Waals surface area contributed by atoms with Gasteiger partial charge in [-0.25, -0.2) is 4.39 Å². The summed E-state index contributed by atoms with van der Waals surface area (Å²) in [6.45, 7) is 7.00. The molecule has 3 aliphatic heterocycles. The molecule has 0 unspecified atom stereocenters. The summed E-state index contributed by atoms with van der Waals surface area (Å²) >= 11 is 0. The summed E-state index contributed by atoms with van der Waals surface area (Å²) in [7, 11) is 0. The highest BCUT2D eigenvalue weighted by Gasteiger charge is 2.50. The summed E-state index contributed by atoms with van der Waals surface area (Å²) < 4.78 is 13.9. The van der Waals surface area contributed by atoms with Crippen LogP contribution in [-0.4, -0.2) is 54.5 Å². The number of carbonyl (C=O) groups excluding carboxylic acids is 1. The number of hydrogen-bond acceptors (Lipinski definition) is 3. The Kier molecular flexibility index (Phi) is 7.94. The highest BCUT2D eigenvalue weighted by atomic mass is 35.5. The molecule has 0 bridgehead atoms. The van der Waals surface area contributed by atoms with Crippen LogP contribution in [0.2, 0.25) is 0 Å². The van der Waals surface area contributed by atoms with E-state index in [1.807, 2.05) is 11.0 Å². The first-order chi connectivity index (χ1) is 14.0. The Hall–Kier alpha value is -0.880. The number of hydrogen-bond donors (Lipinski definition) is 1. The van der Waals surface area contributed by atoms with Gasteiger partial charge in [-0.15, -0.1) is 24.8 Å². The molecule has 4 nitrogen and oxygen atoms in total. The van der Waals surface area contributed by atoms with Crippen LogP contribution in [0.3, 0.4) is 0 Å². The highest BCUT2D eigenvalue weighted by Crippen LogP contribution is 2.49. The number of likely N-dealkylation sites (tertiary alicyclic amines) is 2. The van der Waals surface area contributed by atoms with Crippen molar-refractivity contribution in [3.63, 3.8) is 0 Å². The van der Waals surface area contributed by atoms with Crippen LogP contribution in [0.25, 0.3) is 0 Å². The lowest BCUT2D eigenvalue weighted by Crippen LogP contribution is -2.45. The number of benzene rings is 1. The van der Waals surface area contributed by atoms with Gasteiger partial charge in [0.15, 0.2) is 0 Å². The summed E-state index contributed by atoms with van der Waals surface area (Å²) in [5.74, 6) is 0.854. The molecule has 1 aromatic rings. The van der Waals surface area contributed by atoms with Crippen molar-refractivity contribution in [2.24, 2.45) is 17.3 Å². The van der Waals surface area contributed by atoms with Crippen LogP contribution in [0.5, 0.6) is 0 Å². The van der Waals surface area contributed by atoms with Gasteiger partial charge >= 0.3 is 0 Å². The van der Waals surface area contributed by atoms with Gasteiger partial charge in [-0.2, -0.15) is 0 Å². The molecule has 4 fully saturated rings. The van der Waals surface area contributed by atoms with E-state index in [-0.39, 0.29) is 42.6 Å². The molecule has 4 aliphatic rings. The maximum Gasteiger partial charge on any atom is 0.219 e. The number of piperidine rings is 1. The van der Waals surface area contributed by atoms with Crippen LogP contribution < -0.4 is 5.32 Å². The maximum absolute atomic E-state index is 13.9. The van der Waals surface area contributed by atoms with E-state index in [9.17, 15) is 9.18 Å². The first-order valence-corrected chi connectivity index (χ1v) is 11.5. The van der Waals surface area contributed by atoms with Crippen molar-refractivity contribution in [2.45, 2.75) is 57.5 Å². The van der Waals surface area contributed by atoms with Gasteiger partial charge in [-0.1, -0.05) is 12.1 Å². The fraction of sp³-hybridized carbons (Fsp3) is 0.708. The number of halogens is 3. The van der Waals surface area contributed by atoms with E-state index >= 15 is 0 Å². The predicted octanol–water partition coefficient (Wildman–Crippen LogP) is 4.43. The predicted molar refractivity (Wildman–Crippen MR) is 126 cm³/mol. The van der Waals surface area contributed by atoms with Crippen LogP contribution in [0.4, 0.5) is 4.39 Å². The van der Waals surface area contributed by atoms with Gasteiger partial charge in [0.25, 0.3) is 0 Å². The van der Waals surface area contributed by atoms with Crippen LogP contribution in [0.1, 0.15) is 57.1 Å². The Labute approximate surface area is 198 Å². The van der Waals surface area contributed by atoms with E-state index in [1.165, 1.54) is 57.7 Å². The molecule has 0 radical (unpaired) electrons. The Bertz CT molecular complexity index is 763. The van der Waals surface area contributed by atoms with Gasteiger partial charge in [-0.05, 0) is 80.6 Å². The molecule has 5 rings (SSSR count). The van der Waals surface area contributed by atoms with Crippen LogP contribution >= 0.6 is 24.8 Å². The summed E-state index contributed by atoms with van der Waals surface area (Å²) in [6.07, 6.45) is 8.08. The number of amides is 1. The van der Waals surface area contributed by atoms with Gasteiger partial charge in [0.05, 0.1) is 6.04 Å². The molecule has 3 saturated heterocycles. The molecule has 0 aromatic heterocycles. The molecule has 3 heterocycles. The zero-order chi connectivity index (χ0) is 20.0. The molecule has 1 aromatic carbocycles. The largest absolute Gasteiger partial charge is 0.335 e. The second-order valence-corrected chi connectivity index (χ2v) is 10.0. The van der Waals surface area contributed by atoms with Crippen LogP contribution in [0.15, 0.2) is 24.3 Å². The Morgan fingerprint density at radius 1 is 1.06 bits per heavy atom. The van der Waals surface area contributed by atoms with Gasteiger partial charge in [0.2, 0.25) is 5.91 Å². The third-order valence-electron chi connectivity index (χ3n) is 8.48. The lowest BCUT2D eigenvalue weighted by Gasteiger charge is -2.45. The van der Waals surface area contributed by atoms with E-state index in [1.54, 1.807) is 19.1 Å². The molecule has 1 spiro atoms. The van der Waals surface area contributed by atoms with E-state index in [0.29, 0.717) is 23.3 Å². The third-order valence-corrected chi connectivity index (χ3v) is 8.48. The minimum Gasteiger partial charge on any atom is -0.335 e. The van der Waals surface area contributed by atoms with Gasteiger partial charge in [0, 0.05) is 38.5 Å². The monoisotopic (exact) mass is 471 g/mol. The number of fused-ring (bicyclic) bond motifs is 1. The fourth-order valence-electron chi connectivity index (χ4n) is 6.86. The normalized spacial score (nSPS) is 30.5. The molecule has 1 N–H and O–H groups in total. The average Bonchev–Trinajstić information content (AvgIpc) is 3.27. The van der Waals surface area contributed by atoms with E-state index in [4.69, 9.17) is 0 Å². The van der Waals surface area contributed by atoms with E-state index in [0.717, 1.165) is 25.2 Å². The van der Waals surface area contributed by atoms with E-state index in [2.05, 4.69) is 10.2 Å². The molecule has 174 valence electrons. The Balaban J connectivity index is 0.00000136. The van der Waals surface area contributed by atoms with Crippen molar-refractivity contribution in [1.29, 1.82) is 0 Å². The minimum absolute atomic E-state index is 0. The van der Waals surface area contributed by atoms with Crippen molar-refractivity contribution in [2.75, 3.05) is 32.7 Å². The number of nitrogens with one attached hydrogen (secondary N) is 1. The van der Waals surface area contributed by atoms with Crippen LogP contribution in [-0.2, 0) is 4.79 Å². The topological polar surface area (TPSA) is 35.6 Å². The van der Waals surface area contributed by atoms with Gasteiger partial charge in [0.1, 0.15) is 5.82 Å². The molecule has 1 saturated carbocycles. The van der Waals surface area contributed by atoms with Crippen molar-refractivity contribution >= 4 is 30.7 Å². The maximum atomic E-state index is 13.9. The quantitative estimate of drug-likeness (QED) is 0.692. The SMILES string of the molecule is CC(=O)N1C[C@H]2CN(C3CCC4(CCNCC4)CC3)C[C@H]2[C@H]1c1cccc(F)c1.Cl.Cl. The summed E-state index contributed by atoms with van der Waals surface area (Å²) in [6, 6.07) is 7.62. The second kappa shape index (κ2) is 9.94. The lowest BCUT2D eigenvalue weighted by atomic mass is 9.67. The summed E-state index contributed by atoms with van der Waals surface area (Å²) in [4.78, 5) is 17.0. The molecule has 1 aliphatic carbocycles. The smallest absolute Gasteiger partial charge is 0.219 e. The minimum atomic E-state index is -0.205. The van der Waals surface area contributed by atoms with Gasteiger partial charge < -0.3 is 10.2 Å². The van der Waals surface area contributed by atoms with E-state index < -0.39 is 0 Å². The third kappa shape index (κ3) is 4.75. The number of carbonyl (C=O) groups is 1. The first kappa shape index (κ1) is 24.8. The zero-order valence-electron chi connectivity index (χ0n) is 18.4. The molecular weight excluding hydrogens is 436 g/mol. The Morgan fingerprint density at radius 3 is 2.42 bits per heavy atom. The molecule has 3 atom stereocenters.